The van der Waals surface area contributed by atoms with E-state index in [0.29, 0.717) is 5.69 Å². The molecule has 0 atom stereocenters. The number of aromatic nitrogens is 1. The molecule has 42 heavy (non-hydrogen) atoms. The first kappa shape index (κ1) is 22.0. The molecule has 0 spiro atoms. The Morgan fingerprint density at radius 1 is 0.643 bits per heavy atom. The van der Waals surface area contributed by atoms with E-state index in [2.05, 4.69) is 105 Å². The Balaban J connectivity index is 1.43. The summed E-state index contributed by atoms with van der Waals surface area (Å²) in [4.78, 5) is 6.29. The summed E-state index contributed by atoms with van der Waals surface area (Å²) in [5.41, 5.74) is 13.3. The van der Waals surface area contributed by atoms with E-state index < -0.39 is 0 Å². The summed E-state index contributed by atoms with van der Waals surface area (Å²) in [6.45, 7) is 7.98. The van der Waals surface area contributed by atoms with Crippen molar-refractivity contribution >= 4 is 67.7 Å². The number of hydrogen-bond donors (Lipinski definition) is 0. The molecule has 4 nitrogen and oxygen atoms in total. The average molecular weight is 533 g/mol. The van der Waals surface area contributed by atoms with Crippen LogP contribution in [0.1, 0.15) is 0 Å². The van der Waals surface area contributed by atoms with Gasteiger partial charge in [-0.05, 0) is 63.9 Å². The molecule has 6 aromatic carbocycles. The van der Waals surface area contributed by atoms with Crippen LogP contribution in [0.4, 0.5) is 22.7 Å². The fourth-order valence-electron chi connectivity index (χ4n) is 7.58. The highest BCUT2D eigenvalue weighted by molar-refractivity contribution is 7.00. The molecule has 10 rings (SSSR count). The van der Waals surface area contributed by atoms with E-state index in [1.54, 1.807) is 0 Å². The normalized spacial score (nSPS) is 13.3. The van der Waals surface area contributed by atoms with Gasteiger partial charge in [-0.25, -0.2) is 4.85 Å². The lowest BCUT2D eigenvalue weighted by Crippen LogP contribution is -2.60. The molecule has 0 radical (unpaired) electrons. The van der Waals surface area contributed by atoms with Crippen LogP contribution in [0, 0.1) is 6.57 Å². The van der Waals surface area contributed by atoms with Crippen molar-refractivity contribution in [3.63, 3.8) is 0 Å². The number of fused-ring (bicyclic) bond motifs is 9. The van der Waals surface area contributed by atoms with Gasteiger partial charge in [0.1, 0.15) is 0 Å². The quantitative estimate of drug-likeness (QED) is 0.159. The van der Waals surface area contributed by atoms with Crippen LogP contribution in [0.2, 0.25) is 0 Å². The molecule has 4 heterocycles. The van der Waals surface area contributed by atoms with Gasteiger partial charge in [-0.15, -0.1) is 0 Å². The first-order valence-electron chi connectivity index (χ1n) is 14.2. The van der Waals surface area contributed by atoms with Gasteiger partial charge in [-0.1, -0.05) is 84.9 Å². The minimum absolute atomic E-state index is 0.0423. The summed E-state index contributed by atoms with van der Waals surface area (Å²) in [5, 5.41) is 2.51. The van der Waals surface area contributed by atoms with E-state index in [0.717, 1.165) is 45.4 Å². The van der Waals surface area contributed by atoms with Gasteiger partial charge in [-0.3, -0.25) is 0 Å². The number of nitrogens with zero attached hydrogens (tertiary/aromatic N) is 3. The highest BCUT2D eigenvalue weighted by atomic mass is 16.5. The minimum atomic E-state index is 0.0423. The average Bonchev–Trinajstić information content (AvgIpc) is 3.39. The van der Waals surface area contributed by atoms with E-state index in [9.17, 15) is 0 Å². The summed E-state index contributed by atoms with van der Waals surface area (Å²) in [5.74, 6) is 1.70. The molecule has 5 heteroatoms. The van der Waals surface area contributed by atoms with Gasteiger partial charge in [-0.2, -0.15) is 0 Å². The summed E-state index contributed by atoms with van der Waals surface area (Å²) in [7, 11) is 0. The maximum absolute atomic E-state index is 7.94. The first-order chi connectivity index (χ1) is 20.8. The summed E-state index contributed by atoms with van der Waals surface area (Å²) >= 11 is 0. The van der Waals surface area contributed by atoms with Gasteiger partial charge in [0.15, 0.2) is 17.2 Å². The molecule has 7 aromatic rings. The Hall–Kier alpha value is -5.73. The van der Waals surface area contributed by atoms with Crippen LogP contribution in [0.3, 0.4) is 0 Å². The second-order valence-corrected chi connectivity index (χ2v) is 11.2. The number of hydrogen-bond acceptors (Lipinski definition) is 2. The fraction of sp³-hybridized carbons (Fsp3) is 0. The largest absolute Gasteiger partial charge is 0.453 e. The van der Waals surface area contributed by atoms with Crippen LogP contribution in [-0.2, 0) is 0 Å². The standard InChI is InChI=1S/C37H20BN3O/c1-39-28-15-4-2-10-23(28)22-20-31-35-32(21-22)41-30-17-6-7-18-33(30)42-34-19-9-14-27(37(34)41)38(35)26-13-8-12-25-24-11-3-5-16-29(24)40(31)36(25)26/h2-21H. The third-order valence-corrected chi connectivity index (χ3v) is 9.17. The first-order valence-corrected chi connectivity index (χ1v) is 14.2. The number of ether oxygens (including phenoxy) is 1. The highest BCUT2D eigenvalue weighted by Crippen LogP contribution is 2.52. The predicted molar refractivity (Wildman–Crippen MR) is 172 cm³/mol. The number of anilines is 3. The van der Waals surface area contributed by atoms with Gasteiger partial charge in [0.25, 0.3) is 6.71 Å². The van der Waals surface area contributed by atoms with Gasteiger partial charge in [0.2, 0.25) is 0 Å². The minimum Gasteiger partial charge on any atom is -0.453 e. The Kier molecular flexibility index (Phi) is 4.05. The molecule has 0 saturated heterocycles. The van der Waals surface area contributed by atoms with Crippen molar-refractivity contribution in [2.24, 2.45) is 0 Å². The van der Waals surface area contributed by atoms with Crippen molar-refractivity contribution in [2.75, 3.05) is 4.90 Å². The third-order valence-electron chi connectivity index (χ3n) is 9.17. The van der Waals surface area contributed by atoms with Crippen LogP contribution in [0.15, 0.2) is 121 Å². The lowest BCUT2D eigenvalue weighted by molar-refractivity contribution is 0.477. The van der Waals surface area contributed by atoms with Crippen LogP contribution < -0.4 is 26.0 Å². The van der Waals surface area contributed by atoms with Crippen molar-refractivity contribution in [1.29, 1.82) is 0 Å². The molecule has 3 aliphatic heterocycles. The van der Waals surface area contributed by atoms with Gasteiger partial charge in [0.05, 0.1) is 23.5 Å². The number of rotatable bonds is 1. The molecule has 0 N–H and O–H groups in total. The van der Waals surface area contributed by atoms with Crippen molar-refractivity contribution < 1.29 is 4.74 Å². The second-order valence-electron chi connectivity index (χ2n) is 11.2. The molecule has 0 saturated carbocycles. The van der Waals surface area contributed by atoms with Crippen LogP contribution in [-0.4, -0.2) is 11.3 Å². The number of benzene rings is 6. The molecule has 1 aromatic heterocycles. The van der Waals surface area contributed by atoms with Crippen LogP contribution in [0.25, 0.3) is 43.5 Å². The Morgan fingerprint density at radius 2 is 1.38 bits per heavy atom. The maximum Gasteiger partial charge on any atom is 0.252 e. The van der Waals surface area contributed by atoms with E-state index in [1.807, 2.05) is 30.3 Å². The number of para-hydroxylation sites is 6. The lowest BCUT2D eigenvalue weighted by Gasteiger charge is -2.43. The zero-order chi connectivity index (χ0) is 27.5. The molecule has 0 aliphatic carbocycles. The maximum atomic E-state index is 7.94. The topological polar surface area (TPSA) is 21.8 Å². The van der Waals surface area contributed by atoms with Crippen molar-refractivity contribution in [3.05, 3.63) is 133 Å². The molecular formula is C37H20BN3O. The van der Waals surface area contributed by atoms with Gasteiger partial charge < -0.3 is 14.2 Å². The molecule has 3 aliphatic rings. The Labute approximate surface area is 242 Å². The SMILES string of the molecule is [C-]#[N+]c1ccccc1-c1cc2c3c(c1)-n1c4ccccc4c4cccc(c41)B3c1cccc3c1N2c1ccccc1O3. The lowest BCUT2D eigenvalue weighted by atomic mass is 9.33. The molecular weight excluding hydrogens is 513 g/mol. The van der Waals surface area contributed by atoms with Gasteiger partial charge in [0, 0.05) is 27.7 Å². The van der Waals surface area contributed by atoms with E-state index >= 15 is 0 Å². The zero-order valence-corrected chi connectivity index (χ0v) is 22.4. The van der Waals surface area contributed by atoms with Crippen LogP contribution >= 0.6 is 0 Å². The second kappa shape index (κ2) is 7.72. The van der Waals surface area contributed by atoms with E-state index in [1.165, 1.54) is 38.2 Å². The molecule has 0 bridgehead atoms. The fourth-order valence-corrected chi connectivity index (χ4v) is 7.58. The molecule has 0 amide bonds. The molecule has 0 unspecified atom stereocenters. The Bertz CT molecular complexity index is 2380. The smallest absolute Gasteiger partial charge is 0.252 e. The molecule has 0 fully saturated rings. The van der Waals surface area contributed by atoms with Crippen molar-refractivity contribution in [2.45, 2.75) is 0 Å². The highest BCUT2D eigenvalue weighted by Gasteiger charge is 2.45. The van der Waals surface area contributed by atoms with Crippen molar-refractivity contribution in [1.82, 2.24) is 4.57 Å². The van der Waals surface area contributed by atoms with Crippen molar-refractivity contribution in [3.8, 4) is 28.3 Å². The van der Waals surface area contributed by atoms with Crippen LogP contribution in [0.5, 0.6) is 11.5 Å². The van der Waals surface area contributed by atoms with E-state index in [4.69, 9.17) is 11.3 Å². The third kappa shape index (κ3) is 2.58. The summed E-state index contributed by atoms with van der Waals surface area (Å²) in [6.07, 6.45) is 0. The summed E-state index contributed by atoms with van der Waals surface area (Å²) in [6, 6.07) is 42.7. The summed E-state index contributed by atoms with van der Waals surface area (Å²) < 4.78 is 8.99. The predicted octanol–water partition coefficient (Wildman–Crippen LogP) is 7.72. The van der Waals surface area contributed by atoms with E-state index in [-0.39, 0.29) is 6.71 Å². The zero-order valence-electron chi connectivity index (χ0n) is 22.4. The molecule has 192 valence electrons. The van der Waals surface area contributed by atoms with Gasteiger partial charge >= 0.3 is 0 Å². The monoisotopic (exact) mass is 533 g/mol. The Morgan fingerprint density at radius 3 is 2.33 bits per heavy atom.